The molecule has 7 heteroatoms. The fraction of sp³-hybridized carbons (Fsp3) is 0.688. The van der Waals surface area contributed by atoms with Crippen LogP contribution in [0, 0.1) is 0 Å². The Kier molecular flexibility index (Phi) is 5.63. The van der Waals surface area contributed by atoms with Crippen molar-refractivity contribution in [2.45, 2.75) is 31.7 Å². The van der Waals surface area contributed by atoms with Gasteiger partial charge in [-0.05, 0) is 44.8 Å². The van der Waals surface area contributed by atoms with E-state index in [2.05, 4.69) is 25.5 Å². The molecule has 7 nitrogen and oxygen atoms in total. The lowest BCUT2D eigenvalue weighted by atomic mass is 10.2. The third-order valence-electron chi connectivity index (χ3n) is 4.56. The van der Waals surface area contributed by atoms with Gasteiger partial charge in [-0.2, -0.15) is 0 Å². The number of urea groups is 1. The quantitative estimate of drug-likeness (QED) is 0.770. The number of rotatable bonds is 6. The second-order valence-electron chi connectivity index (χ2n) is 6.23. The molecule has 2 amide bonds. The van der Waals surface area contributed by atoms with Gasteiger partial charge in [-0.15, -0.1) is 0 Å². The maximum atomic E-state index is 12.4. The average Bonchev–Trinajstić information content (AvgIpc) is 3.25. The number of carbonyl (C=O) groups excluding carboxylic acids is 1. The van der Waals surface area contributed by atoms with Gasteiger partial charge in [0.2, 0.25) is 5.95 Å². The summed E-state index contributed by atoms with van der Waals surface area (Å²) < 4.78 is 0. The van der Waals surface area contributed by atoms with Crippen LogP contribution in [0.4, 0.5) is 10.7 Å². The zero-order chi connectivity index (χ0) is 15.9. The van der Waals surface area contributed by atoms with E-state index >= 15 is 0 Å². The summed E-state index contributed by atoms with van der Waals surface area (Å²) in [7, 11) is 0. The fourth-order valence-corrected chi connectivity index (χ4v) is 3.39. The molecular weight excluding hydrogens is 292 g/mol. The van der Waals surface area contributed by atoms with Crippen LogP contribution in [0.25, 0.3) is 0 Å². The van der Waals surface area contributed by atoms with Crippen LogP contribution in [0.5, 0.6) is 0 Å². The molecule has 1 aromatic heterocycles. The predicted octanol–water partition coefficient (Wildman–Crippen LogP) is 1.16. The molecule has 0 radical (unpaired) electrons. The van der Waals surface area contributed by atoms with Gasteiger partial charge in [0.15, 0.2) is 0 Å². The fourth-order valence-electron chi connectivity index (χ4n) is 3.39. The molecule has 1 atom stereocenters. The molecule has 0 saturated carbocycles. The number of hydrogen-bond acceptors (Lipinski definition) is 5. The lowest BCUT2D eigenvalue weighted by Gasteiger charge is -2.28. The Bertz CT molecular complexity index is 491. The van der Waals surface area contributed by atoms with Crippen molar-refractivity contribution in [2.24, 2.45) is 0 Å². The van der Waals surface area contributed by atoms with Gasteiger partial charge in [-0.1, -0.05) is 0 Å². The highest BCUT2D eigenvalue weighted by Crippen LogP contribution is 2.20. The molecule has 2 fully saturated rings. The largest absolute Gasteiger partial charge is 0.352 e. The first-order chi connectivity index (χ1) is 11.3. The predicted molar refractivity (Wildman–Crippen MR) is 89.3 cm³/mol. The third-order valence-corrected chi connectivity index (χ3v) is 4.56. The second-order valence-corrected chi connectivity index (χ2v) is 6.23. The lowest BCUT2D eigenvalue weighted by Crippen LogP contribution is -2.47. The van der Waals surface area contributed by atoms with Gasteiger partial charge in [0.05, 0.1) is 0 Å². The van der Waals surface area contributed by atoms with E-state index in [-0.39, 0.29) is 6.03 Å². The number of aromatic nitrogens is 2. The molecule has 0 spiro atoms. The first-order valence-electron chi connectivity index (χ1n) is 8.60. The monoisotopic (exact) mass is 318 g/mol. The van der Waals surface area contributed by atoms with E-state index in [0.717, 1.165) is 25.9 Å². The first kappa shape index (κ1) is 16.0. The second kappa shape index (κ2) is 8.10. The molecule has 3 heterocycles. The molecule has 2 aliphatic rings. The molecule has 1 unspecified atom stereocenters. The van der Waals surface area contributed by atoms with Gasteiger partial charge < -0.3 is 20.4 Å². The number of hydrogen-bond donors (Lipinski definition) is 2. The van der Waals surface area contributed by atoms with Crippen molar-refractivity contribution in [3.05, 3.63) is 18.5 Å². The van der Waals surface area contributed by atoms with Gasteiger partial charge in [0.1, 0.15) is 0 Å². The zero-order valence-electron chi connectivity index (χ0n) is 13.6. The number of likely N-dealkylation sites (tertiary alicyclic amines) is 2. The van der Waals surface area contributed by atoms with E-state index in [9.17, 15) is 4.79 Å². The van der Waals surface area contributed by atoms with Crippen molar-refractivity contribution in [3.8, 4) is 0 Å². The highest BCUT2D eigenvalue weighted by atomic mass is 16.2. The van der Waals surface area contributed by atoms with Crippen molar-refractivity contribution in [1.29, 1.82) is 0 Å². The highest BCUT2D eigenvalue weighted by Gasteiger charge is 2.30. The molecular formula is C16H26N6O. The molecule has 126 valence electrons. The Morgan fingerprint density at radius 3 is 2.70 bits per heavy atom. The van der Waals surface area contributed by atoms with E-state index < -0.39 is 0 Å². The molecule has 2 aliphatic heterocycles. The number of anilines is 1. The van der Waals surface area contributed by atoms with Gasteiger partial charge >= 0.3 is 6.03 Å². The van der Waals surface area contributed by atoms with Crippen LogP contribution < -0.4 is 10.6 Å². The number of carbonyl (C=O) groups is 1. The zero-order valence-corrected chi connectivity index (χ0v) is 13.6. The summed E-state index contributed by atoms with van der Waals surface area (Å²) in [5.41, 5.74) is 0. The van der Waals surface area contributed by atoms with Crippen molar-refractivity contribution in [3.63, 3.8) is 0 Å². The van der Waals surface area contributed by atoms with E-state index in [1.54, 1.807) is 18.5 Å². The van der Waals surface area contributed by atoms with Crippen LogP contribution in [0.15, 0.2) is 18.5 Å². The lowest BCUT2D eigenvalue weighted by molar-refractivity contribution is 0.175. The van der Waals surface area contributed by atoms with Crippen LogP contribution in [0.1, 0.15) is 25.7 Å². The summed E-state index contributed by atoms with van der Waals surface area (Å²) >= 11 is 0. The van der Waals surface area contributed by atoms with Crippen LogP contribution in [0.2, 0.25) is 0 Å². The van der Waals surface area contributed by atoms with Gasteiger partial charge in [-0.25, -0.2) is 14.8 Å². The van der Waals surface area contributed by atoms with Crippen molar-refractivity contribution < 1.29 is 4.79 Å². The summed E-state index contributed by atoms with van der Waals surface area (Å²) in [6.07, 6.45) is 8.22. The molecule has 0 bridgehead atoms. The maximum absolute atomic E-state index is 12.4. The smallest absolute Gasteiger partial charge is 0.317 e. The van der Waals surface area contributed by atoms with Crippen LogP contribution in [0.3, 0.4) is 0 Å². The SMILES string of the molecule is O=C(NCCNc1ncccn1)N1CCCC1CN1CCCC1. The topological polar surface area (TPSA) is 73.4 Å². The number of nitrogens with one attached hydrogen (secondary N) is 2. The van der Waals surface area contributed by atoms with E-state index in [0.29, 0.717) is 25.1 Å². The maximum Gasteiger partial charge on any atom is 0.317 e. The van der Waals surface area contributed by atoms with E-state index in [1.165, 1.54) is 25.9 Å². The van der Waals surface area contributed by atoms with Crippen LogP contribution in [-0.4, -0.2) is 71.1 Å². The Labute approximate surface area is 137 Å². The summed E-state index contributed by atoms with van der Waals surface area (Å²) in [5.74, 6) is 0.592. The molecule has 2 N–H and O–H groups in total. The van der Waals surface area contributed by atoms with Gasteiger partial charge in [0, 0.05) is 44.6 Å². The van der Waals surface area contributed by atoms with Crippen molar-refractivity contribution in [2.75, 3.05) is 44.6 Å². The number of nitrogens with zero attached hydrogens (tertiary/aromatic N) is 4. The minimum atomic E-state index is 0.0578. The molecule has 0 aromatic carbocycles. The Balaban J connectivity index is 1.38. The van der Waals surface area contributed by atoms with Crippen LogP contribution >= 0.6 is 0 Å². The molecule has 23 heavy (non-hydrogen) atoms. The Morgan fingerprint density at radius 1 is 1.13 bits per heavy atom. The minimum Gasteiger partial charge on any atom is -0.352 e. The van der Waals surface area contributed by atoms with E-state index in [4.69, 9.17) is 0 Å². The Hall–Kier alpha value is -1.89. The Morgan fingerprint density at radius 2 is 1.91 bits per heavy atom. The molecule has 1 aromatic rings. The standard InChI is InChI=1S/C16H26N6O/c23-16(20-9-8-19-15-17-6-4-7-18-15)22-12-3-5-14(22)13-21-10-1-2-11-21/h4,6-7,14H,1-3,5,8-13H2,(H,20,23)(H,17,18,19). The summed E-state index contributed by atoms with van der Waals surface area (Å²) in [4.78, 5) is 25.1. The first-order valence-corrected chi connectivity index (χ1v) is 8.60. The van der Waals surface area contributed by atoms with Gasteiger partial charge in [-0.3, -0.25) is 0 Å². The summed E-state index contributed by atoms with van der Waals surface area (Å²) in [6.45, 7) is 5.48. The third kappa shape index (κ3) is 4.54. The van der Waals surface area contributed by atoms with Crippen molar-refractivity contribution in [1.82, 2.24) is 25.1 Å². The normalized spacial score (nSPS) is 21.6. The molecule has 2 saturated heterocycles. The molecule has 0 aliphatic carbocycles. The minimum absolute atomic E-state index is 0.0578. The number of amides is 2. The van der Waals surface area contributed by atoms with Crippen molar-refractivity contribution >= 4 is 12.0 Å². The highest BCUT2D eigenvalue weighted by molar-refractivity contribution is 5.74. The van der Waals surface area contributed by atoms with Gasteiger partial charge in [0.25, 0.3) is 0 Å². The van der Waals surface area contributed by atoms with Crippen LogP contribution in [-0.2, 0) is 0 Å². The van der Waals surface area contributed by atoms with E-state index in [1.807, 2.05) is 4.90 Å². The average molecular weight is 318 g/mol. The molecule has 3 rings (SSSR count). The summed E-state index contributed by atoms with van der Waals surface area (Å²) in [5, 5.41) is 6.10. The summed E-state index contributed by atoms with van der Waals surface area (Å²) in [6, 6.07) is 2.21.